The van der Waals surface area contributed by atoms with Crippen LogP contribution in [0.1, 0.15) is 23.7 Å². The quantitative estimate of drug-likeness (QED) is 0.781. The average Bonchev–Trinajstić information content (AvgIpc) is 2.46. The maximum atomic E-state index is 13.4. The van der Waals surface area contributed by atoms with Crippen molar-refractivity contribution in [2.24, 2.45) is 0 Å². The van der Waals surface area contributed by atoms with E-state index < -0.39 is 6.10 Å². The number of nitrogens with one attached hydrogen (secondary N) is 1. The van der Waals surface area contributed by atoms with Gasteiger partial charge in [0, 0.05) is 12.1 Å². The lowest BCUT2D eigenvalue weighted by Crippen LogP contribution is -2.17. The van der Waals surface area contributed by atoms with Crippen molar-refractivity contribution >= 4 is 0 Å². The van der Waals surface area contributed by atoms with Crippen molar-refractivity contribution in [2.45, 2.75) is 19.1 Å². The van der Waals surface area contributed by atoms with E-state index >= 15 is 0 Å². The highest BCUT2D eigenvalue weighted by molar-refractivity contribution is 5.18. The predicted octanol–water partition coefficient (Wildman–Crippen LogP) is 3.04. The molecule has 0 aliphatic carbocycles. The summed E-state index contributed by atoms with van der Waals surface area (Å²) in [7, 11) is 0. The number of benzene rings is 2. The molecule has 100 valence electrons. The fraction of sp³-hybridized carbons (Fsp3) is 0.250. The van der Waals surface area contributed by atoms with E-state index in [9.17, 15) is 9.50 Å². The zero-order chi connectivity index (χ0) is 13.5. The molecule has 3 heteroatoms. The Balaban J connectivity index is 1.74. The highest BCUT2D eigenvalue weighted by Gasteiger charge is 2.06. The van der Waals surface area contributed by atoms with Crippen LogP contribution in [0.25, 0.3) is 0 Å². The highest BCUT2D eigenvalue weighted by Crippen LogP contribution is 2.15. The summed E-state index contributed by atoms with van der Waals surface area (Å²) >= 11 is 0. The van der Waals surface area contributed by atoms with Crippen molar-refractivity contribution < 1.29 is 9.50 Å². The minimum Gasteiger partial charge on any atom is -0.388 e. The van der Waals surface area contributed by atoms with Crippen LogP contribution < -0.4 is 5.32 Å². The lowest BCUT2D eigenvalue weighted by atomic mass is 10.1. The molecule has 2 N–H and O–H groups in total. The van der Waals surface area contributed by atoms with Crippen molar-refractivity contribution in [2.75, 3.05) is 6.54 Å². The summed E-state index contributed by atoms with van der Waals surface area (Å²) in [5.74, 6) is -0.196. The smallest absolute Gasteiger partial charge is 0.127 e. The minimum atomic E-state index is -0.477. The molecule has 0 aliphatic heterocycles. The number of rotatable bonds is 6. The van der Waals surface area contributed by atoms with Gasteiger partial charge in [0.25, 0.3) is 0 Å². The van der Waals surface area contributed by atoms with Crippen molar-refractivity contribution in [3.05, 3.63) is 71.5 Å². The first-order valence-corrected chi connectivity index (χ1v) is 6.44. The van der Waals surface area contributed by atoms with E-state index in [2.05, 4.69) is 5.32 Å². The van der Waals surface area contributed by atoms with E-state index in [0.29, 0.717) is 25.1 Å². The number of aliphatic hydroxyl groups excluding tert-OH is 1. The number of hydrogen-bond acceptors (Lipinski definition) is 2. The van der Waals surface area contributed by atoms with Gasteiger partial charge in [-0.1, -0.05) is 48.5 Å². The topological polar surface area (TPSA) is 32.3 Å². The van der Waals surface area contributed by atoms with Gasteiger partial charge >= 0.3 is 0 Å². The molecule has 1 atom stereocenters. The van der Waals surface area contributed by atoms with E-state index in [1.807, 2.05) is 36.4 Å². The number of halogens is 1. The molecule has 0 radical (unpaired) electrons. The molecule has 0 fully saturated rings. The average molecular weight is 259 g/mol. The first-order valence-electron chi connectivity index (χ1n) is 6.44. The SMILES string of the molecule is OC(CCNCc1ccccc1F)c1ccccc1. The lowest BCUT2D eigenvalue weighted by molar-refractivity contribution is 0.166. The second kappa shape index (κ2) is 7.02. The molecule has 2 aromatic rings. The first-order chi connectivity index (χ1) is 9.27. The van der Waals surface area contributed by atoms with Gasteiger partial charge in [-0.25, -0.2) is 4.39 Å². The van der Waals surface area contributed by atoms with E-state index in [-0.39, 0.29) is 5.82 Å². The Bertz CT molecular complexity index is 501. The summed E-state index contributed by atoms with van der Waals surface area (Å²) in [6.07, 6.45) is 0.132. The second-order valence-corrected chi connectivity index (χ2v) is 4.48. The zero-order valence-electron chi connectivity index (χ0n) is 10.7. The Morgan fingerprint density at radius 2 is 1.68 bits per heavy atom. The summed E-state index contributed by atoms with van der Waals surface area (Å²) in [6.45, 7) is 1.12. The standard InChI is InChI=1S/C16H18FNO/c17-15-9-5-4-8-14(15)12-18-11-10-16(19)13-6-2-1-3-7-13/h1-9,16,18-19H,10-12H2. The molecular formula is C16H18FNO. The third-order valence-electron chi connectivity index (χ3n) is 3.05. The summed E-state index contributed by atoms with van der Waals surface area (Å²) in [5, 5.41) is 13.1. The number of hydrogen-bond donors (Lipinski definition) is 2. The Hall–Kier alpha value is -1.71. The largest absolute Gasteiger partial charge is 0.388 e. The van der Waals surface area contributed by atoms with E-state index in [1.165, 1.54) is 6.07 Å². The van der Waals surface area contributed by atoms with Crippen LogP contribution in [-0.2, 0) is 6.54 Å². The zero-order valence-corrected chi connectivity index (χ0v) is 10.7. The molecule has 0 amide bonds. The fourth-order valence-electron chi connectivity index (χ4n) is 1.95. The van der Waals surface area contributed by atoms with Crippen LogP contribution in [0.4, 0.5) is 4.39 Å². The molecule has 0 saturated carbocycles. The van der Waals surface area contributed by atoms with Gasteiger partial charge in [-0.05, 0) is 24.6 Å². The molecule has 0 bridgehead atoms. The third-order valence-corrected chi connectivity index (χ3v) is 3.05. The molecule has 2 aromatic carbocycles. The van der Waals surface area contributed by atoms with Crippen molar-refractivity contribution in [1.82, 2.24) is 5.32 Å². The lowest BCUT2D eigenvalue weighted by Gasteiger charge is -2.11. The molecule has 2 nitrogen and oxygen atoms in total. The monoisotopic (exact) mass is 259 g/mol. The Morgan fingerprint density at radius 3 is 2.42 bits per heavy atom. The molecule has 0 spiro atoms. The van der Waals surface area contributed by atoms with Gasteiger partial charge in [-0.15, -0.1) is 0 Å². The summed E-state index contributed by atoms with van der Waals surface area (Å²) in [5.41, 5.74) is 1.56. The van der Waals surface area contributed by atoms with E-state index in [1.54, 1.807) is 12.1 Å². The van der Waals surface area contributed by atoms with Gasteiger partial charge in [-0.3, -0.25) is 0 Å². The molecule has 2 rings (SSSR count). The van der Waals surface area contributed by atoms with Crippen molar-refractivity contribution in [3.63, 3.8) is 0 Å². The van der Waals surface area contributed by atoms with Crippen LogP contribution in [-0.4, -0.2) is 11.7 Å². The Morgan fingerprint density at radius 1 is 1.00 bits per heavy atom. The second-order valence-electron chi connectivity index (χ2n) is 4.48. The van der Waals surface area contributed by atoms with Crippen molar-refractivity contribution in [3.8, 4) is 0 Å². The van der Waals surface area contributed by atoms with Gasteiger partial charge in [0.1, 0.15) is 5.82 Å². The molecule has 0 aliphatic rings. The third kappa shape index (κ3) is 4.16. The summed E-state index contributed by atoms with van der Waals surface area (Å²) in [6, 6.07) is 16.3. The molecule has 1 unspecified atom stereocenters. The van der Waals surface area contributed by atoms with Crippen LogP contribution >= 0.6 is 0 Å². The Kier molecular flexibility index (Phi) is 5.07. The van der Waals surface area contributed by atoms with E-state index in [0.717, 1.165) is 5.56 Å². The highest BCUT2D eigenvalue weighted by atomic mass is 19.1. The van der Waals surface area contributed by atoms with Crippen molar-refractivity contribution in [1.29, 1.82) is 0 Å². The van der Waals surface area contributed by atoms with Gasteiger partial charge in [0.2, 0.25) is 0 Å². The van der Waals surface area contributed by atoms with Crippen LogP contribution in [0, 0.1) is 5.82 Å². The van der Waals surface area contributed by atoms with Gasteiger partial charge in [0.05, 0.1) is 6.10 Å². The molecule has 19 heavy (non-hydrogen) atoms. The van der Waals surface area contributed by atoms with Crippen LogP contribution in [0.5, 0.6) is 0 Å². The number of aliphatic hydroxyl groups is 1. The molecular weight excluding hydrogens is 241 g/mol. The van der Waals surface area contributed by atoms with Crippen LogP contribution in [0.3, 0.4) is 0 Å². The summed E-state index contributed by atoms with van der Waals surface area (Å²) < 4.78 is 13.4. The summed E-state index contributed by atoms with van der Waals surface area (Å²) in [4.78, 5) is 0. The maximum absolute atomic E-state index is 13.4. The van der Waals surface area contributed by atoms with Gasteiger partial charge in [0.15, 0.2) is 0 Å². The van der Waals surface area contributed by atoms with Gasteiger partial charge < -0.3 is 10.4 Å². The molecule has 0 saturated heterocycles. The molecule has 0 heterocycles. The van der Waals surface area contributed by atoms with Crippen LogP contribution in [0.15, 0.2) is 54.6 Å². The van der Waals surface area contributed by atoms with Gasteiger partial charge in [-0.2, -0.15) is 0 Å². The fourth-order valence-corrected chi connectivity index (χ4v) is 1.95. The van der Waals surface area contributed by atoms with Crippen LogP contribution in [0.2, 0.25) is 0 Å². The first kappa shape index (κ1) is 13.7. The predicted molar refractivity (Wildman–Crippen MR) is 74.1 cm³/mol. The molecule has 0 aromatic heterocycles. The van der Waals surface area contributed by atoms with E-state index in [4.69, 9.17) is 0 Å². The minimum absolute atomic E-state index is 0.196. The Labute approximate surface area is 112 Å². The maximum Gasteiger partial charge on any atom is 0.127 e. The normalized spacial score (nSPS) is 12.3.